The first kappa shape index (κ1) is 14.8. The minimum atomic E-state index is -0.510. The van der Waals surface area contributed by atoms with Gasteiger partial charge < -0.3 is 5.32 Å². The molecular formula is C19H20FNO. The third kappa shape index (κ3) is 2.41. The molecule has 0 aromatic heterocycles. The normalized spacial score (nSPS) is 16.0. The molecule has 0 unspecified atom stereocenters. The number of hydrogen-bond acceptors (Lipinski definition) is 1. The smallest absolute Gasteiger partial charge is 0.235 e. The van der Waals surface area contributed by atoms with Crippen molar-refractivity contribution >= 4 is 11.6 Å². The van der Waals surface area contributed by atoms with E-state index in [0.29, 0.717) is 0 Å². The van der Waals surface area contributed by atoms with Crippen LogP contribution in [0.25, 0.3) is 0 Å². The number of hydrogen-bond donors (Lipinski definition) is 1. The molecule has 1 amide bonds. The minimum absolute atomic E-state index is 0.0130. The second-order valence-electron chi connectivity index (χ2n) is 6.14. The van der Waals surface area contributed by atoms with Gasteiger partial charge in [-0.15, -0.1) is 0 Å². The van der Waals surface area contributed by atoms with E-state index in [-0.39, 0.29) is 11.7 Å². The van der Waals surface area contributed by atoms with Gasteiger partial charge in [0, 0.05) is 5.69 Å². The van der Waals surface area contributed by atoms with Crippen LogP contribution < -0.4 is 5.32 Å². The second kappa shape index (κ2) is 5.56. The van der Waals surface area contributed by atoms with Crippen molar-refractivity contribution in [2.45, 2.75) is 38.5 Å². The lowest BCUT2D eigenvalue weighted by atomic mass is 9.63. The number of nitrogens with one attached hydrogen (secondary N) is 1. The Bertz CT molecular complexity index is 702. The van der Waals surface area contributed by atoms with E-state index in [1.165, 1.54) is 12.1 Å². The second-order valence-corrected chi connectivity index (χ2v) is 6.14. The Morgan fingerprint density at radius 3 is 2.36 bits per heavy atom. The summed E-state index contributed by atoms with van der Waals surface area (Å²) < 4.78 is 13.1. The fourth-order valence-electron chi connectivity index (χ4n) is 3.07. The molecule has 114 valence electrons. The molecule has 2 aromatic rings. The van der Waals surface area contributed by atoms with Crippen LogP contribution in [-0.4, -0.2) is 5.91 Å². The van der Waals surface area contributed by atoms with Crippen LogP contribution in [0.4, 0.5) is 10.1 Å². The van der Waals surface area contributed by atoms with Crippen LogP contribution in [-0.2, 0) is 10.2 Å². The van der Waals surface area contributed by atoms with E-state index in [0.717, 1.165) is 41.6 Å². The summed E-state index contributed by atoms with van der Waals surface area (Å²) in [6.45, 7) is 4.04. The van der Waals surface area contributed by atoms with Gasteiger partial charge in [-0.1, -0.05) is 30.7 Å². The third-order valence-corrected chi connectivity index (χ3v) is 4.89. The van der Waals surface area contributed by atoms with Crippen LogP contribution in [0, 0.1) is 19.7 Å². The van der Waals surface area contributed by atoms with Gasteiger partial charge in [0.05, 0.1) is 5.41 Å². The van der Waals surface area contributed by atoms with E-state index in [9.17, 15) is 9.18 Å². The molecule has 1 N–H and O–H groups in total. The lowest BCUT2D eigenvalue weighted by Crippen LogP contribution is -2.46. The van der Waals surface area contributed by atoms with Crippen molar-refractivity contribution < 1.29 is 9.18 Å². The summed E-state index contributed by atoms with van der Waals surface area (Å²) in [5.74, 6) is -0.257. The summed E-state index contributed by atoms with van der Waals surface area (Å²) in [6.07, 6.45) is 2.66. The van der Waals surface area contributed by atoms with Gasteiger partial charge in [0.2, 0.25) is 5.91 Å². The molecule has 1 fully saturated rings. The molecule has 0 spiro atoms. The predicted molar refractivity (Wildman–Crippen MR) is 86.5 cm³/mol. The van der Waals surface area contributed by atoms with Gasteiger partial charge in [-0.2, -0.15) is 0 Å². The monoisotopic (exact) mass is 297 g/mol. The van der Waals surface area contributed by atoms with Gasteiger partial charge in [0.15, 0.2) is 0 Å². The zero-order valence-electron chi connectivity index (χ0n) is 12.9. The first-order valence-corrected chi connectivity index (χ1v) is 7.67. The SMILES string of the molecule is Cc1cccc(NC(=O)C2(c3ccc(F)cc3)CCC2)c1C. The van der Waals surface area contributed by atoms with Gasteiger partial charge in [-0.05, 0) is 61.6 Å². The Balaban J connectivity index is 1.89. The summed E-state index contributed by atoms with van der Waals surface area (Å²) in [6, 6.07) is 12.2. The molecular weight excluding hydrogens is 277 g/mol. The number of amides is 1. The fourth-order valence-corrected chi connectivity index (χ4v) is 3.07. The Labute approximate surface area is 130 Å². The topological polar surface area (TPSA) is 29.1 Å². The minimum Gasteiger partial charge on any atom is -0.325 e. The Kier molecular flexibility index (Phi) is 3.73. The van der Waals surface area contributed by atoms with Crippen molar-refractivity contribution in [1.82, 2.24) is 0 Å². The van der Waals surface area contributed by atoms with Gasteiger partial charge in [-0.3, -0.25) is 4.79 Å². The van der Waals surface area contributed by atoms with E-state index in [1.807, 2.05) is 32.0 Å². The van der Waals surface area contributed by atoms with E-state index in [4.69, 9.17) is 0 Å². The van der Waals surface area contributed by atoms with Crippen molar-refractivity contribution in [3.05, 3.63) is 65.0 Å². The van der Waals surface area contributed by atoms with E-state index >= 15 is 0 Å². The molecule has 1 saturated carbocycles. The molecule has 0 aliphatic heterocycles. The average molecular weight is 297 g/mol. The van der Waals surface area contributed by atoms with Crippen molar-refractivity contribution in [2.75, 3.05) is 5.32 Å². The molecule has 0 atom stereocenters. The number of carbonyl (C=O) groups is 1. The molecule has 1 aliphatic carbocycles. The lowest BCUT2D eigenvalue weighted by Gasteiger charge is -2.40. The van der Waals surface area contributed by atoms with Crippen LogP contribution in [0.5, 0.6) is 0 Å². The zero-order valence-corrected chi connectivity index (χ0v) is 12.9. The third-order valence-electron chi connectivity index (χ3n) is 4.89. The van der Waals surface area contributed by atoms with E-state index in [1.54, 1.807) is 12.1 Å². The van der Waals surface area contributed by atoms with Crippen molar-refractivity contribution in [3.63, 3.8) is 0 Å². The summed E-state index contributed by atoms with van der Waals surface area (Å²) >= 11 is 0. The van der Waals surface area contributed by atoms with Crippen LogP contribution >= 0.6 is 0 Å². The standard InChI is InChI=1S/C19H20FNO/c1-13-5-3-6-17(14(13)2)21-18(22)19(11-4-12-19)15-7-9-16(20)10-8-15/h3,5-10H,4,11-12H2,1-2H3,(H,21,22). The van der Waals surface area contributed by atoms with Crippen LogP contribution in [0.15, 0.2) is 42.5 Å². The van der Waals surface area contributed by atoms with Gasteiger partial charge in [0.1, 0.15) is 5.82 Å². The van der Waals surface area contributed by atoms with Crippen LogP contribution in [0.3, 0.4) is 0 Å². The summed E-state index contributed by atoms with van der Waals surface area (Å²) in [5, 5.41) is 3.07. The van der Waals surface area contributed by atoms with Gasteiger partial charge >= 0.3 is 0 Å². The quantitative estimate of drug-likeness (QED) is 0.887. The van der Waals surface area contributed by atoms with Gasteiger partial charge in [0.25, 0.3) is 0 Å². The molecule has 2 nitrogen and oxygen atoms in total. The highest BCUT2D eigenvalue weighted by Gasteiger charge is 2.45. The largest absolute Gasteiger partial charge is 0.325 e. The summed E-state index contributed by atoms with van der Waals surface area (Å²) in [4.78, 5) is 12.9. The highest BCUT2D eigenvalue weighted by molar-refractivity contribution is 6.00. The Morgan fingerprint density at radius 2 is 1.77 bits per heavy atom. The predicted octanol–water partition coefficient (Wildman–Crippen LogP) is 4.50. The first-order valence-electron chi connectivity index (χ1n) is 7.67. The van der Waals surface area contributed by atoms with Crippen molar-refractivity contribution in [3.8, 4) is 0 Å². The van der Waals surface area contributed by atoms with Crippen LogP contribution in [0.2, 0.25) is 0 Å². The number of carbonyl (C=O) groups excluding carboxylic acids is 1. The van der Waals surface area contributed by atoms with Crippen molar-refractivity contribution in [2.24, 2.45) is 0 Å². The number of benzene rings is 2. The molecule has 0 bridgehead atoms. The summed E-state index contributed by atoms with van der Waals surface area (Å²) in [7, 11) is 0. The maximum absolute atomic E-state index is 13.1. The highest BCUT2D eigenvalue weighted by Crippen LogP contribution is 2.44. The maximum atomic E-state index is 13.1. The van der Waals surface area contributed by atoms with E-state index in [2.05, 4.69) is 5.32 Å². The Hall–Kier alpha value is -2.16. The highest BCUT2D eigenvalue weighted by atomic mass is 19.1. The zero-order chi connectivity index (χ0) is 15.7. The van der Waals surface area contributed by atoms with Crippen LogP contribution in [0.1, 0.15) is 36.0 Å². The number of halogens is 1. The number of aryl methyl sites for hydroxylation is 1. The van der Waals surface area contributed by atoms with E-state index < -0.39 is 5.41 Å². The fraction of sp³-hybridized carbons (Fsp3) is 0.316. The summed E-state index contributed by atoms with van der Waals surface area (Å²) in [5.41, 5.74) is 3.50. The first-order chi connectivity index (χ1) is 10.5. The lowest BCUT2D eigenvalue weighted by molar-refractivity contribution is -0.124. The van der Waals surface area contributed by atoms with Crippen molar-refractivity contribution in [1.29, 1.82) is 0 Å². The molecule has 2 aromatic carbocycles. The molecule has 0 radical (unpaired) electrons. The molecule has 1 aliphatic rings. The Morgan fingerprint density at radius 1 is 1.09 bits per heavy atom. The number of anilines is 1. The van der Waals surface area contributed by atoms with Gasteiger partial charge in [-0.25, -0.2) is 4.39 Å². The average Bonchev–Trinajstić information content (AvgIpc) is 2.45. The molecule has 3 heteroatoms. The molecule has 0 saturated heterocycles. The molecule has 0 heterocycles. The molecule has 22 heavy (non-hydrogen) atoms. The number of rotatable bonds is 3. The maximum Gasteiger partial charge on any atom is 0.235 e. The molecule has 3 rings (SSSR count).